The molecule has 0 saturated heterocycles. The number of methoxy groups -OCH3 is 1. The zero-order valence-electron chi connectivity index (χ0n) is 10.1. The number of nitrogens with zero attached hydrogens (tertiary/aromatic N) is 3. The van der Waals surface area contributed by atoms with Gasteiger partial charge in [0.05, 0.1) is 7.11 Å². The Morgan fingerprint density at radius 1 is 1.22 bits per heavy atom. The Hall–Kier alpha value is -1.33. The van der Waals surface area contributed by atoms with E-state index in [-0.39, 0.29) is 11.3 Å². The van der Waals surface area contributed by atoms with E-state index < -0.39 is 0 Å². The number of aryl methyl sites for hydroxylation is 1. The van der Waals surface area contributed by atoms with Crippen molar-refractivity contribution >= 4 is 23.4 Å². The number of hydrogen-bond donors (Lipinski definition) is 0. The third-order valence-electron chi connectivity index (χ3n) is 2.37. The molecule has 94 valence electrons. The highest BCUT2D eigenvalue weighted by atomic mass is 35.5. The lowest BCUT2D eigenvalue weighted by Crippen LogP contribution is -1.97. The van der Waals surface area contributed by atoms with E-state index in [1.54, 1.807) is 0 Å². The first kappa shape index (κ1) is 13.1. The summed E-state index contributed by atoms with van der Waals surface area (Å²) < 4.78 is 4.95. The van der Waals surface area contributed by atoms with Gasteiger partial charge in [-0.3, -0.25) is 0 Å². The first-order valence-electron chi connectivity index (χ1n) is 5.32. The number of ether oxygens (including phenoxy) is 1. The summed E-state index contributed by atoms with van der Waals surface area (Å²) in [5, 5.41) is 0.712. The van der Waals surface area contributed by atoms with Crippen LogP contribution in [0.2, 0.25) is 5.28 Å². The second-order valence-electron chi connectivity index (χ2n) is 3.59. The molecule has 0 radical (unpaired) electrons. The molecule has 0 N–H and O–H groups in total. The van der Waals surface area contributed by atoms with Crippen LogP contribution in [0.25, 0.3) is 0 Å². The Labute approximate surface area is 115 Å². The highest BCUT2D eigenvalue weighted by Gasteiger charge is 2.06. The fourth-order valence-electron chi connectivity index (χ4n) is 1.38. The monoisotopic (exact) mass is 281 g/mol. The Bertz CT molecular complexity index is 551. The summed E-state index contributed by atoms with van der Waals surface area (Å²) in [5.41, 5.74) is 2.50. The van der Waals surface area contributed by atoms with Crippen LogP contribution < -0.4 is 4.74 Å². The molecule has 2 aromatic rings. The number of benzene rings is 1. The highest BCUT2D eigenvalue weighted by molar-refractivity contribution is 7.98. The van der Waals surface area contributed by atoms with Gasteiger partial charge in [0.1, 0.15) is 0 Å². The summed E-state index contributed by atoms with van der Waals surface area (Å²) in [4.78, 5) is 12.0. The van der Waals surface area contributed by atoms with Crippen molar-refractivity contribution in [2.45, 2.75) is 17.8 Å². The normalized spacial score (nSPS) is 10.4. The van der Waals surface area contributed by atoms with Gasteiger partial charge in [0.2, 0.25) is 5.28 Å². The van der Waals surface area contributed by atoms with Crippen LogP contribution in [0.4, 0.5) is 0 Å². The van der Waals surface area contributed by atoms with E-state index in [0.717, 1.165) is 5.75 Å². The van der Waals surface area contributed by atoms with Crippen LogP contribution in [0.1, 0.15) is 11.1 Å². The molecule has 0 saturated carbocycles. The molecule has 1 aromatic carbocycles. The molecule has 0 bridgehead atoms. The summed E-state index contributed by atoms with van der Waals surface area (Å²) in [5.74, 6) is 0.788. The molecule has 0 atom stereocenters. The van der Waals surface area contributed by atoms with Crippen LogP contribution in [-0.2, 0) is 5.75 Å². The Kier molecular flexibility index (Phi) is 4.38. The van der Waals surface area contributed by atoms with E-state index in [1.807, 2.05) is 12.1 Å². The predicted molar refractivity (Wildman–Crippen MR) is 72.1 cm³/mol. The molecule has 0 fully saturated rings. The van der Waals surface area contributed by atoms with Crippen molar-refractivity contribution < 1.29 is 4.74 Å². The van der Waals surface area contributed by atoms with Gasteiger partial charge in [-0.1, -0.05) is 36.0 Å². The van der Waals surface area contributed by atoms with Gasteiger partial charge >= 0.3 is 6.01 Å². The molecule has 0 aliphatic carbocycles. The van der Waals surface area contributed by atoms with Gasteiger partial charge in [-0.05, 0) is 29.7 Å². The van der Waals surface area contributed by atoms with Gasteiger partial charge in [0.25, 0.3) is 0 Å². The number of aromatic nitrogens is 3. The maximum absolute atomic E-state index is 5.79. The quantitative estimate of drug-likeness (QED) is 0.806. The molecule has 0 unspecified atom stereocenters. The summed E-state index contributed by atoms with van der Waals surface area (Å²) in [7, 11) is 1.50. The van der Waals surface area contributed by atoms with Crippen molar-refractivity contribution in [3.05, 3.63) is 40.7 Å². The Morgan fingerprint density at radius 2 is 2.00 bits per heavy atom. The SMILES string of the molecule is COc1nc(Cl)nc(SCc2ccccc2C)n1. The maximum atomic E-state index is 5.79. The van der Waals surface area contributed by atoms with Crippen molar-refractivity contribution in [2.75, 3.05) is 7.11 Å². The van der Waals surface area contributed by atoms with E-state index in [2.05, 4.69) is 34.0 Å². The molecular formula is C12H12ClN3OS. The van der Waals surface area contributed by atoms with Crippen molar-refractivity contribution in [2.24, 2.45) is 0 Å². The second kappa shape index (κ2) is 6.02. The summed E-state index contributed by atoms with van der Waals surface area (Å²) >= 11 is 7.29. The molecule has 0 amide bonds. The van der Waals surface area contributed by atoms with Crippen molar-refractivity contribution in [3.63, 3.8) is 0 Å². The maximum Gasteiger partial charge on any atom is 0.321 e. The van der Waals surface area contributed by atoms with Crippen LogP contribution in [0.15, 0.2) is 29.4 Å². The summed E-state index contributed by atoms with van der Waals surface area (Å²) in [6.45, 7) is 2.08. The molecule has 18 heavy (non-hydrogen) atoms. The fraction of sp³-hybridized carbons (Fsp3) is 0.250. The van der Waals surface area contributed by atoms with Crippen molar-refractivity contribution in [1.82, 2.24) is 15.0 Å². The molecule has 0 aliphatic heterocycles. The fourth-order valence-corrected chi connectivity index (χ4v) is 2.49. The van der Waals surface area contributed by atoms with Crippen molar-refractivity contribution in [3.8, 4) is 6.01 Å². The lowest BCUT2D eigenvalue weighted by atomic mass is 10.1. The second-order valence-corrected chi connectivity index (χ2v) is 4.87. The lowest BCUT2D eigenvalue weighted by Gasteiger charge is -2.05. The summed E-state index contributed by atoms with van der Waals surface area (Å²) in [6.07, 6.45) is 0. The third-order valence-corrected chi connectivity index (χ3v) is 3.43. The van der Waals surface area contributed by atoms with E-state index in [9.17, 15) is 0 Å². The zero-order chi connectivity index (χ0) is 13.0. The van der Waals surface area contributed by atoms with E-state index in [4.69, 9.17) is 16.3 Å². The van der Waals surface area contributed by atoms with Crippen LogP contribution in [-0.4, -0.2) is 22.1 Å². The van der Waals surface area contributed by atoms with Gasteiger partial charge in [0.15, 0.2) is 5.16 Å². The van der Waals surface area contributed by atoms with Gasteiger partial charge in [-0.15, -0.1) is 0 Å². The molecule has 0 spiro atoms. The lowest BCUT2D eigenvalue weighted by molar-refractivity contribution is 0.373. The first-order chi connectivity index (χ1) is 8.69. The largest absolute Gasteiger partial charge is 0.467 e. The molecule has 1 heterocycles. The smallest absolute Gasteiger partial charge is 0.321 e. The average Bonchev–Trinajstić information content (AvgIpc) is 2.37. The van der Waals surface area contributed by atoms with Crippen LogP contribution >= 0.6 is 23.4 Å². The molecule has 0 aliphatic rings. The van der Waals surface area contributed by atoms with Gasteiger partial charge in [-0.25, -0.2) is 0 Å². The van der Waals surface area contributed by atoms with Crippen LogP contribution in [0.5, 0.6) is 6.01 Å². The van der Waals surface area contributed by atoms with Crippen LogP contribution in [0, 0.1) is 6.92 Å². The van der Waals surface area contributed by atoms with E-state index >= 15 is 0 Å². The van der Waals surface area contributed by atoms with E-state index in [0.29, 0.717) is 5.16 Å². The van der Waals surface area contributed by atoms with E-state index in [1.165, 1.54) is 30.0 Å². The average molecular weight is 282 g/mol. The van der Waals surface area contributed by atoms with Crippen LogP contribution in [0.3, 0.4) is 0 Å². The standard InChI is InChI=1S/C12H12ClN3OS/c1-8-5-3-4-6-9(8)7-18-12-15-10(13)14-11(16-12)17-2/h3-6H,7H2,1-2H3. The van der Waals surface area contributed by atoms with Gasteiger partial charge in [-0.2, -0.15) is 15.0 Å². The minimum Gasteiger partial charge on any atom is -0.467 e. The number of hydrogen-bond acceptors (Lipinski definition) is 5. The van der Waals surface area contributed by atoms with Crippen molar-refractivity contribution in [1.29, 1.82) is 0 Å². The first-order valence-corrected chi connectivity index (χ1v) is 6.68. The Balaban J connectivity index is 2.11. The minimum absolute atomic E-state index is 0.147. The molecule has 4 nitrogen and oxygen atoms in total. The topological polar surface area (TPSA) is 47.9 Å². The van der Waals surface area contributed by atoms with Gasteiger partial charge in [0, 0.05) is 5.75 Å². The molecule has 1 aromatic heterocycles. The Morgan fingerprint density at radius 3 is 2.72 bits per heavy atom. The number of rotatable bonds is 4. The highest BCUT2D eigenvalue weighted by Crippen LogP contribution is 2.23. The summed E-state index contributed by atoms with van der Waals surface area (Å²) in [6, 6.07) is 8.44. The third kappa shape index (κ3) is 3.34. The molecular weight excluding hydrogens is 270 g/mol. The van der Waals surface area contributed by atoms with Gasteiger partial charge < -0.3 is 4.74 Å². The molecule has 2 rings (SSSR count). The zero-order valence-corrected chi connectivity index (χ0v) is 11.6. The number of thioether (sulfide) groups is 1. The molecule has 6 heteroatoms. The predicted octanol–water partition coefficient (Wildman–Crippen LogP) is 3.13. The number of halogens is 1. The minimum atomic E-state index is 0.147.